The lowest BCUT2D eigenvalue weighted by Crippen LogP contribution is -2.20. The number of nitrogens with two attached hydrogens (primary N) is 1. The van der Waals surface area contributed by atoms with E-state index in [9.17, 15) is 22.8 Å². The summed E-state index contributed by atoms with van der Waals surface area (Å²) in [7, 11) is 0. The summed E-state index contributed by atoms with van der Waals surface area (Å²) in [6.07, 6.45) is -4.49. The SMILES string of the molecule is NC(=O)COc1cccc(NC(=O)Cc2ccc(C(F)(F)F)cc2)c1. The summed E-state index contributed by atoms with van der Waals surface area (Å²) in [5, 5.41) is 2.61. The molecule has 0 aliphatic rings. The van der Waals surface area contributed by atoms with Gasteiger partial charge in [0.2, 0.25) is 5.91 Å². The van der Waals surface area contributed by atoms with E-state index in [4.69, 9.17) is 10.5 Å². The third-order valence-corrected chi connectivity index (χ3v) is 3.14. The minimum Gasteiger partial charge on any atom is -0.484 e. The Kier molecular flexibility index (Phi) is 5.63. The number of hydrogen-bond donors (Lipinski definition) is 2. The van der Waals surface area contributed by atoms with Gasteiger partial charge in [-0.05, 0) is 29.8 Å². The topological polar surface area (TPSA) is 81.4 Å². The van der Waals surface area contributed by atoms with Crippen LogP contribution in [0.5, 0.6) is 5.75 Å². The molecule has 3 N–H and O–H groups in total. The van der Waals surface area contributed by atoms with Crippen LogP contribution in [0.25, 0.3) is 0 Å². The molecule has 0 aromatic heterocycles. The summed E-state index contributed by atoms with van der Waals surface area (Å²) >= 11 is 0. The fraction of sp³-hybridized carbons (Fsp3) is 0.176. The number of halogens is 3. The van der Waals surface area contributed by atoms with Gasteiger partial charge in [0.15, 0.2) is 6.61 Å². The van der Waals surface area contributed by atoms with Crippen LogP contribution in [0, 0.1) is 0 Å². The predicted octanol–water partition coefficient (Wildman–Crippen LogP) is 2.75. The molecule has 5 nitrogen and oxygen atoms in total. The molecule has 0 atom stereocenters. The summed E-state index contributed by atoms with van der Waals surface area (Å²) in [6, 6.07) is 10.7. The third-order valence-electron chi connectivity index (χ3n) is 3.14. The second-order valence-corrected chi connectivity index (χ2v) is 5.20. The molecule has 132 valence electrons. The van der Waals surface area contributed by atoms with Gasteiger partial charge in [0.05, 0.1) is 12.0 Å². The molecule has 0 heterocycles. The Morgan fingerprint density at radius 1 is 1.08 bits per heavy atom. The Labute approximate surface area is 141 Å². The van der Waals surface area contributed by atoms with E-state index < -0.39 is 23.6 Å². The van der Waals surface area contributed by atoms with Gasteiger partial charge in [-0.15, -0.1) is 0 Å². The fourth-order valence-electron chi connectivity index (χ4n) is 2.02. The summed E-state index contributed by atoms with van der Waals surface area (Å²) in [5.41, 5.74) is 5.09. The first-order chi connectivity index (χ1) is 11.7. The highest BCUT2D eigenvalue weighted by atomic mass is 19.4. The van der Waals surface area contributed by atoms with Gasteiger partial charge in [-0.1, -0.05) is 18.2 Å². The molecular formula is C17H15F3N2O3. The number of carbonyl (C=O) groups is 2. The highest BCUT2D eigenvalue weighted by molar-refractivity contribution is 5.92. The minimum absolute atomic E-state index is 0.0789. The minimum atomic E-state index is -4.41. The van der Waals surface area contributed by atoms with Gasteiger partial charge in [-0.2, -0.15) is 13.2 Å². The van der Waals surface area contributed by atoms with Crippen molar-refractivity contribution in [2.75, 3.05) is 11.9 Å². The van der Waals surface area contributed by atoms with Crippen LogP contribution < -0.4 is 15.8 Å². The van der Waals surface area contributed by atoms with Crippen molar-refractivity contribution in [2.45, 2.75) is 12.6 Å². The number of rotatable bonds is 6. The van der Waals surface area contributed by atoms with E-state index in [1.54, 1.807) is 18.2 Å². The molecule has 2 aromatic carbocycles. The molecule has 2 aromatic rings. The molecule has 0 aliphatic heterocycles. The molecule has 0 aliphatic carbocycles. The fourth-order valence-corrected chi connectivity index (χ4v) is 2.02. The van der Waals surface area contributed by atoms with Gasteiger partial charge in [-0.25, -0.2) is 0 Å². The van der Waals surface area contributed by atoms with Crippen LogP contribution in [0.3, 0.4) is 0 Å². The number of hydrogen-bond acceptors (Lipinski definition) is 3. The Morgan fingerprint density at radius 2 is 1.76 bits per heavy atom. The monoisotopic (exact) mass is 352 g/mol. The number of nitrogens with one attached hydrogen (secondary N) is 1. The van der Waals surface area contributed by atoms with Gasteiger partial charge in [-0.3, -0.25) is 9.59 Å². The zero-order chi connectivity index (χ0) is 18.4. The number of carbonyl (C=O) groups excluding carboxylic acids is 2. The molecule has 0 saturated heterocycles. The zero-order valence-electron chi connectivity index (χ0n) is 13.0. The lowest BCUT2D eigenvalue weighted by Gasteiger charge is -2.09. The first kappa shape index (κ1) is 18.3. The normalized spacial score (nSPS) is 11.0. The maximum absolute atomic E-state index is 12.5. The van der Waals surface area contributed by atoms with E-state index in [0.717, 1.165) is 12.1 Å². The number of alkyl halides is 3. The average Bonchev–Trinajstić information content (AvgIpc) is 2.53. The number of benzene rings is 2. The van der Waals surface area contributed by atoms with Crippen LogP contribution in [0.1, 0.15) is 11.1 Å². The highest BCUT2D eigenvalue weighted by Gasteiger charge is 2.29. The van der Waals surface area contributed by atoms with Crippen LogP contribution in [0.2, 0.25) is 0 Å². The van der Waals surface area contributed by atoms with Crippen molar-refractivity contribution in [3.63, 3.8) is 0 Å². The highest BCUT2D eigenvalue weighted by Crippen LogP contribution is 2.29. The van der Waals surface area contributed by atoms with E-state index in [0.29, 0.717) is 17.0 Å². The first-order valence-corrected chi connectivity index (χ1v) is 7.21. The summed E-state index contributed by atoms with van der Waals surface area (Å²) in [4.78, 5) is 22.7. The second-order valence-electron chi connectivity index (χ2n) is 5.20. The van der Waals surface area contributed by atoms with Crippen LogP contribution >= 0.6 is 0 Å². The van der Waals surface area contributed by atoms with E-state index in [1.165, 1.54) is 18.2 Å². The maximum atomic E-state index is 12.5. The van der Waals surface area contributed by atoms with Crippen molar-refractivity contribution in [1.29, 1.82) is 0 Å². The molecule has 25 heavy (non-hydrogen) atoms. The molecule has 0 saturated carbocycles. The molecule has 0 unspecified atom stereocenters. The van der Waals surface area contributed by atoms with Gasteiger partial charge in [0, 0.05) is 11.8 Å². The smallest absolute Gasteiger partial charge is 0.416 e. The standard InChI is InChI=1S/C17H15F3N2O3/c18-17(19,20)12-6-4-11(5-7-12)8-16(24)22-13-2-1-3-14(9-13)25-10-15(21)23/h1-7,9H,8,10H2,(H2,21,23)(H,22,24). The third kappa shape index (κ3) is 5.83. The number of anilines is 1. The van der Waals surface area contributed by atoms with Gasteiger partial charge in [0.1, 0.15) is 5.75 Å². The second kappa shape index (κ2) is 7.69. The first-order valence-electron chi connectivity index (χ1n) is 7.21. The molecular weight excluding hydrogens is 337 g/mol. The van der Waals surface area contributed by atoms with Crippen molar-refractivity contribution in [2.24, 2.45) is 5.73 Å². The van der Waals surface area contributed by atoms with Gasteiger partial charge >= 0.3 is 6.18 Å². The van der Waals surface area contributed by atoms with Crippen LogP contribution in [-0.2, 0) is 22.2 Å². The van der Waals surface area contributed by atoms with Crippen LogP contribution in [-0.4, -0.2) is 18.4 Å². The van der Waals surface area contributed by atoms with E-state index in [2.05, 4.69) is 5.32 Å². The van der Waals surface area contributed by atoms with Crippen molar-refractivity contribution in [3.05, 3.63) is 59.7 Å². The van der Waals surface area contributed by atoms with E-state index >= 15 is 0 Å². The summed E-state index contributed by atoms with van der Waals surface area (Å²) in [6.45, 7) is -0.289. The number of amides is 2. The molecule has 0 bridgehead atoms. The van der Waals surface area contributed by atoms with E-state index in [-0.39, 0.29) is 13.0 Å². The van der Waals surface area contributed by atoms with Gasteiger partial charge < -0.3 is 15.8 Å². The maximum Gasteiger partial charge on any atom is 0.416 e. The Balaban J connectivity index is 1.96. The molecule has 0 radical (unpaired) electrons. The summed E-state index contributed by atoms with van der Waals surface area (Å²) in [5.74, 6) is -0.672. The van der Waals surface area contributed by atoms with Crippen LogP contribution in [0.15, 0.2) is 48.5 Å². The lowest BCUT2D eigenvalue weighted by molar-refractivity contribution is -0.137. The molecule has 0 fully saturated rings. The number of primary amides is 1. The van der Waals surface area contributed by atoms with Crippen molar-refractivity contribution < 1.29 is 27.5 Å². The molecule has 8 heteroatoms. The lowest BCUT2D eigenvalue weighted by atomic mass is 10.1. The molecule has 2 amide bonds. The molecule has 2 rings (SSSR count). The number of ether oxygens (including phenoxy) is 1. The average molecular weight is 352 g/mol. The zero-order valence-corrected chi connectivity index (χ0v) is 13.0. The van der Waals surface area contributed by atoms with Crippen molar-refractivity contribution in [3.8, 4) is 5.75 Å². The Bertz CT molecular complexity index is 758. The van der Waals surface area contributed by atoms with Crippen LogP contribution in [0.4, 0.5) is 18.9 Å². The Hall–Kier alpha value is -3.03. The largest absolute Gasteiger partial charge is 0.484 e. The quantitative estimate of drug-likeness (QED) is 0.839. The van der Waals surface area contributed by atoms with Gasteiger partial charge in [0.25, 0.3) is 5.91 Å². The van der Waals surface area contributed by atoms with E-state index in [1.807, 2.05) is 0 Å². The predicted molar refractivity (Wildman–Crippen MR) is 84.9 cm³/mol. The van der Waals surface area contributed by atoms with Crippen molar-refractivity contribution in [1.82, 2.24) is 0 Å². The van der Waals surface area contributed by atoms with Crippen molar-refractivity contribution >= 4 is 17.5 Å². The Morgan fingerprint density at radius 3 is 2.36 bits per heavy atom. The molecule has 0 spiro atoms. The summed E-state index contributed by atoms with van der Waals surface area (Å²) < 4.78 is 42.6.